The molecule has 0 aliphatic carbocycles. The zero-order chi connectivity index (χ0) is 13.4. The molecule has 0 aliphatic heterocycles. The fraction of sp³-hybridized carbons (Fsp3) is 0.562. The van der Waals surface area contributed by atoms with Crippen molar-refractivity contribution in [3.8, 4) is 0 Å². The quantitative estimate of drug-likeness (QED) is 0.693. The average Bonchev–Trinajstić information content (AvgIpc) is 2.31. The van der Waals surface area contributed by atoms with Gasteiger partial charge in [0.05, 0.1) is 0 Å². The van der Waals surface area contributed by atoms with Gasteiger partial charge in [-0.2, -0.15) is 0 Å². The minimum Gasteiger partial charge on any atom is -0.327 e. The molecule has 0 spiro atoms. The molecule has 2 heteroatoms. The van der Waals surface area contributed by atoms with Crippen LogP contribution in [0.5, 0.6) is 0 Å². The van der Waals surface area contributed by atoms with Crippen molar-refractivity contribution in [2.45, 2.75) is 39.7 Å². The summed E-state index contributed by atoms with van der Waals surface area (Å²) in [5, 5.41) is 3.41. The van der Waals surface area contributed by atoms with Gasteiger partial charge in [-0.15, -0.1) is 0 Å². The van der Waals surface area contributed by atoms with E-state index in [-0.39, 0.29) is 6.04 Å². The Balaban J connectivity index is 2.13. The van der Waals surface area contributed by atoms with Crippen LogP contribution in [0.2, 0.25) is 0 Å². The van der Waals surface area contributed by atoms with E-state index in [2.05, 4.69) is 56.8 Å². The third-order valence-electron chi connectivity index (χ3n) is 3.06. The van der Waals surface area contributed by atoms with Gasteiger partial charge in [-0.1, -0.05) is 43.7 Å². The summed E-state index contributed by atoms with van der Waals surface area (Å²) in [4.78, 5) is 0. The number of hydrogen-bond acceptors (Lipinski definition) is 2. The fourth-order valence-corrected chi connectivity index (χ4v) is 1.81. The van der Waals surface area contributed by atoms with Crippen LogP contribution in [0.15, 0.2) is 24.3 Å². The monoisotopic (exact) mass is 247 g/mol. The van der Waals surface area contributed by atoms with Crippen LogP contribution >= 0.6 is 0 Å². The lowest BCUT2D eigenvalue weighted by molar-refractivity contribution is 0.542. The maximum absolute atomic E-state index is 6.09. The van der Waals surface area contributed by atoms with E-state index >= 15 is 0 Å². The van der Waals surface area contributed by atoms with Crippen molar-refractivity contribution in [1.29, 1.82) is 0 Å². The molecule has 0 saturated heterocycles. The van der Waals surface area contributed by atoms with Crippen LogP contribution in [-0.2, 0) is 6.42 Å². The van der Waals surface area contributed by atoms with Gasteiger partial charge < -0.3 is 11.1 Å². The number of nitrogens with two attached hydrogens (primary N) is 1. The lowest BCUT2D eigenvalue weighted by Gasteiger charge is -2.12. The number of benzene rings is 1. The molecule has 1 aromatic rings. The van der Waals surface area contributed by atoms with Gasteiger partial charge in [0.15, 0.2) is 0 Å². The third-order valence-corrected chi connectivity index (χ3v) is 3.06. The molecule has 0 amide bonds. The highest BCUT2D eigenvalue weighted by molar-refractivity contribution is 5.22. The molecule has 1 atom stereocenters. The minimum absolute atomic E-state index is 0.138. The zero-order valence-corrected chi connectivity index (χ0v) is 11.9. The number of aryl methyl sites for hydroxylation is 1. The van der Waals surface area contributed by atoms with Gasteiger partial charge in [-0.25, -0.2) is 0 Å². The molecule has 2 nitrogen and oxygen atoms in total. The Morgan fingerprint density at radius 2 is 1.89 bits per heavy atom. The molecule has 1 aromatic carbocycles. The molecule has 101 valence electrons. The lowest BCUT2D eigenvalue weighted by atomic mass is 10.0. The van der Waals surface area contributed by atoms with E-state index in [9.17, 15) is 0 Å². The standard InChI is InChI=1S/C16H27N2/c1-13(2)8-10-18-11-9-16(17)12-15-6-4-14(3)5-7-15/h4-7,9,13,16,18H,8,10-12,17H2,1-3H3/t16-/m0/s1. The second kappa shape index (κ2) is 8.28. The van der Waals surface area contributed by atoms with E-state index in [1.807, 2.05) is 0 Å². The van der Waals surface area contributed by atoms with Crippen LogP contribution in [0.4, 0.5) is 0 Å². The van der Waals surface area contributed by atoms with Gasteiger partial charge in [-0.3, -0.25) is 0 Å². The molecule has 18 heavy (non-hydrogen) atoms. The van der Waals surface area contributed by atoms with Crippen molar-refractivity contribution in [2.24, 2.45) is 11.7 Å². The van der Waals surface area contributed by atoms with Crippen molar-refractivity contribution in [3.05, 3.63) is 41.8 Å². The Kier molecular flexibility index (Phi) is 6.99. The normalized spacial score (nSPS) is 12.9. The highest BCUT2D eigenvalue weighted by atomic mass is 14.9. The highest BCUT2D eigenvalue weighted by Gasteiger charge is 2.04. The van der Waals surface area contributed by atoms with Gasteiger partial charge in [-0.05, 0) is 50.8 Å². The molecule has 0 saturated carbocycles. The van der Waals surface area contributed by atoms with Crippen molar-refractivity contribution in [1.82, 2.24) is 5.32 Å². The van der Waals surface area contributed by atoms with Gasteiger partial charge in [0.2, 0.25) is 0 Å². The molecule has 0 unspecified atom stereocenters. The number of rotatable bonds is 8. The molecule has 0 heterocycles. The first kappa shape index (κ1) is 15.2. The fourth-order valence-electron chi connectivity index (χ4n) is 1.81. The van der Waals surface area contributed by atoms with E-state index < -0.39 is 0 Å². The van der Waals surface area contributed by atoms with Crippen LogP contribution in [0, 0.1) is 19.3 Å². The molecule has 1 rings (SSSR count). The smallest absolute Gasteiger partial charge is 0.0124 e. The average molecular weight is 247 g/mol. The van der Waals surface area contributed by atoms with Crippen LogP contribution in [-0.4, -0.2) is 19.1 Å². The predicted octanol–water partition coefficient (Wildman–Crippen LogP) is 2.70. The SMILES string of the molecule is Cc1ccc(C[C@@H](N)[CH]CNCCC(C)C)cc1. The maximum Gasteiger partial charge on any atom is 0.0124 e. The Bertz CT molecular complexity index is 316. The Hall–Kier alpha value is -0.860. The van der Waals surface area contributed by atoms with Gasteiger partial charge in [0.25, 0.3) is 0 Å². The Labute approximate surface area is 112 Å². The molecular weight excluding hydrogens is 220 g/mol. The molecular formula is C16H27N2. The zero-order valence-electron chi connectivity index (χ0n) is 11.9. The second-order valence-corrected chi connectivity index (χ2v) is 5.48. The van der Waals surface area contributed by atoms with E-state index in [4.69, 9.17) is 5.73 Å². The van der Waals surface area contributed by atoms with Crippen LogP contribution in [0.1, 0.15) is 31.4 Å². The topological polar surface area (TPSA) is 38.0 Å². The van der Waals surface area contributed by atoms with E-state index in [1.165, 1.54) is 17.5 Å². The van der Waals surface area contributed by atoms with Crippen molar-refractivity contribution in [2.75, 3.05) is 13.1 Å². The largest absolute Gasteiger partial charge is 0.327 e. The van der Waals surface area contributed by atoms with Gasteiger partial charge >= 0.3 is 0 Å². The molecule has 0 bridgehead atoms. The first-order chi connectivity index (χ1) is 8.58. The molecule has 0 fully saturated rings. The predicted molar refractivity (Wildman–Crippen MR) is 79.5 cm³/mol. The summed E-state index contributed by atoms with van der Waals surface area (Å²) in [5.41, 5.74) is 8.70. The first-order valence-corrected chi connectivity index (χ1v) is 6.93. The summed E-state index contributed by atoms with van der Waals surface area (Å²) in [6.45, 7) is 8.57. The third kappa shape index (κ3) is 6.77. The van der Waals surface area contributed by atoms with E-state index in [0.29, 0.717) is 0 Å². The summed E-state index contributed by atoms with van der Waals surface area (Å²) >= 11 is 0. The van der Waals surface area contributed by atoms with Crippen molar-refractivity contribution >= 4 is 0 Å². The maximum atomic E-state index is 6.09. The van der Waals surface area contributed by atoms with Crippen LogP contribution in [0.3, 0.4) is 0 Å². The van der Waals surface area contributed by atoms with Gasteiger partial charge in [0.1, 0.15) is 0 Å². The summed E-state index contributed by atoms with van der Waals surface area (Å²) in [5.74, 6) is 0.763. The summed E-state index contributed by atoms with van der Waals surface area (Å²) < 4.78 is 0. The second-order valence-electron chi connectivity index (χ2n) is 5.48. The summed E-state index contributed by atoms with van der Waals surface area (Å²) in [6.07, 6.45) is 4.31. The number of hydrogen-bond donors (Lipinski definition) is 2. The van der Waals surface area contributed by atoms with Crippen LogP contribution < -0.4 is 11.1 Å². The summed E-state index contributed by atoms with van der Waals surface area (Å²) in [6, 6.07) is 8.75. The number of nitrogens with one attached hydrogen (secondary N) is 1. The van der Waals surface area contributed by atoms with Gasteiger partial charge in [0, 0.05) is 6.04 Å². The van der Waals surface area contributed by atoms with Crippen molar-refractivity contribution in [3.63, 3.8) is 0 Å². The van der Waals surface area contributed by atoms with E-state index in [1.54, 1.807) is 0 Å². The molecule has 0 aliphatic rings. The van der Waals surface area contributed by atoms with Crippen molar-refractivity contribution < 1.29 is 0 Å². The minimum atomic E-state index is 0.138. The Morgan fingerprint density at radius 1 is 1.22 bits per heavy atom. The highest BCUT2D eigenvalue weighted by Crippen LogP contribution is 2.06. The molecule has 3 N–H and O–H groups in total. The Morgan fingerprint density at radius 3 is 2.50 bits per heavy atom. The van der Waals surface area contributed by atoms with Crippen LogP contribution in [0.25, 0.3) is 0 Å². The summed E-state index contributed by atoms with van der Waals surface area (Å²) in [7, 11) is 0. The molecule has 0 aromatic heterocycles. The first-order valence-electron chi connectivity index (χ1n) is 6.93. The lowest BCUT2D eigenvalue weighted by Crippen LogP contribution is -2.30. The molecule has 1 radical (unpaired) electrons. The van der Waals surface area contributed by atoms with E-state index in [0.717, 1.165) is 25.4 Å².